The van der Waals surface area contributed by atoms with E-state index in [0.29, 0.717) is 18.5 Å². The standard InChI is InChI=1S/C16H20N2O2S/c17-13-14-5-1-2-6-15(14)21(19,20)18-11-9-16(10-12-18)7-3-4-8-16/h1-2,5-6H,3-4,7-12H2. The molecule has 2 fully saturated rings. The number of nitrogens with zero attached hydrogens (tertiary/aromatic N) is 2. The monoisotopic (exact) mass is 304 g/mol. The van der Waals surface area contributed by atoms with Crippen LogP contribution in [0.1, 0.15) is 44.1 Å². The summed E-state index contributed by atoms with van der Waals surface area (Å²) in [5.74, 6) is 0. The smallest absolute Gasteiger partial charge is 0.207 e. The summed E-state index contributed by atoms with van der Waals surface area (Å²) >= 11 is 0. The van der Waals surface area contributed by atoms with Crippen LogP contribution in [0.5, 0.6) is 0 Å². The first-order valence-electron chi connectivity index (χ1n) is 7.57. The van der Waals surface area contributed by atoms with Crippen molar-refractivity contribution >= 4 is 10.0 Å². The Bertz CT molecular complexity index is 660. The molecule has 0 amide bonds. The minimum atomic E-state index is -3.54. The third-order valence-corrected chi connectivity index (χ3v) is 7.03. The van der Waals surface area contributed by atoms with E-state index in [-0.39, 0.29) is 10.5 Å². The molecule has 1 saturated heterocycles. The summed E-state index contributed by atoms with van der Waals surface area (Å²) in [7, 11) is -3.54. The number of rotatable bonds is 2. The quantitative estimate of drug-likeness (QED) is 0.844. The Morgan fingerprint density at radius 1 is 1.05 bits per heavy atom. The van der Waals surface area contributed by atoms with Gasteiger partial charge in [-0.15, -0.1) is 0 Å². The van der Waals surface area contributed by atoms with Crippen LogP contribution in [-0.2, 0) is 10.0 Å². The number of hydrogen-bond donors (Lipinski definition) is 0. The first kappa shape index (κ1) is 14.6. The van der Waals surface area contributed by atoms with Crippen LogP contribution in [-0.4, -0.2) is 25.8 Å². The molecule has 0 atom stereocenters. The Balaban J connectivity index is 1.82. The highest BCUT2D eigenvalue weighted by atomic mass is 32.2. The van der Waals surface area contributed by atoms with Gasteiger partial charge in [0, 0.05) is 13.1 Å². The first-order valence-corrected chi connectivity index (χ1v) is 9.01. The van der Waals surface area contributed by atoms with Crippen LogP contribution in [0.3, 0.4) is 0 Å². The Morgan fingerprint density at radius 2 is 1.67 bits per heavy atom. The van der Waals surface area contributed by atoms with Crippen LogP contribution in [0, 0.1) is 16.7 Å². The van der Waals surface area contributed by atoms with Crippen molar-refractivity contribution in [2.45, 2.75) is 43.4 Å². The Labute approximate surface area is 126 Å². The number of piperidine rings is 1. The molecule has 0 N–H and O–H groups in total. The maximum absolute atomic E-state index is 12.7. The van der Waals surface area contributed by atoms with E-state index in [1.807, 2.05) is 6.07 Å². The summed E-state index contributed by atoms with van der Waals surface area (Å²) in [4.78, 5) is 0.148. The average molecular weight is 304 g/mol. The van der Waals surface area contributed by atoms with Gasteiger partial charge in [-0.25, -0.2) is 8.42 Å². The molecule has 1 aromatic carbocycles. The molecule has 0 unspecified atom stereocenters. The van der Waals surface area contributed by atoms with Crippen molar-refractivity contribution in [2.75, 3.05) is 13.1 Å². The van der Waals surface area contributed by atoms with Crippen LogP contribution >= 0.6 is 0 Å². The number of nitriles is 1. The van der Waals surface area contributed by atoms with E-state index in [1.165, 1.54) is 31.7 Å². The fourth-order valence-corrected chi connectivity index (χ4v) is 5.33. The van der Waals surface area contributed by atoms with Gasteiger partial charge in [0.05, 0.1) is 10.5 Å². The highest BCUT2D eigenvalue weighted by Crippen LogP contribution is 2.46. The van der Waals surface area contributed by atoms with Crippen molar-refractivity contribution in [3.63, 3.8) is 0 Å². The average Bonchev–Trinajstić information content (AvgIpc) is 2.96. The summed E-state index contributed by atoms with van der Waals surface area (Å²) in [5, 5.41) is 9.11. The van der Waals surface area contributed by atoms with Crippen molar-refractivity contribution < 1.29 is 8.42 Å². The minimum absolute atomic E-state index is 0.148. The molecule has 0 radical (unpaired) electrons. The third-order valence-electron chi connectivity index (χ3n) is 5.07. The van der Waals surface area contributed by atoms with Gasteiger partial charge in [0.1, 0.15) is 6.07 Å². The van der Waals surface area contributed by atoms with Crippen LogP contribution in [0.25, 0.3) is 0 Å². The van der Waals surface area contributed by atoms with Gasteiger partial charge in [0.2, 0.25) is 10.0 Å². The van der Waals surface area contributed by atoms with Crippen molar-refractivity contribution in [3.8, 4) is 6.07 Å². The van der Waals surface area contributed by atoms with Gasteiger partial charge in [-0.05, 0) is 43.2 Å². The summed E-state index contributed by atoms with van der Waals surface area (Å²) in [6.45, 7) is 1.17. The SMILES string of the molecule is N#Cc1ccccc1S(=O)(=O)N1CCC2(CCCC2)CC1. The van der Waals surface area contributed by atoms with Gasteiger partial charge in [-0.1, -0.05) is 25.0 Å². The molecule has 1 aromatic rings. The highest BCUT2D eigenvalue weighted by Gasteiger charge is 2.40. The molecule has 1 heterocycles. The second-order valence-electron chi connectivity index (χ2n) is 6.22. The van der Waals surface area contributed by atoms with Gasteiger partial charge in [-0.3, -0.25) is 0 Å². The van der Waals surface area contributed by atoms with Crippen LogP contribution < -0.4 is 0 Å². The van der Waals surface area contributed by atoms with E-state index in [4.69, 9.17) is 5.26 Å². The zero-order valence-electron chi connectivity index (χ0n) is 12.1. The molecule has 21 heavy (non-hydrogen) atoms. The lowest BCUT2D eigenvalue weighted by Crippen LogP contribution is -2.42. The molecule has 1 aliphatic carbocycles. The summed E-state index contributed by atoms with van der Waals surface area (Å²) in [6, 6.07) is 8.46. The fourth-order valence-electron chi connectivity index (χ4n) is 3.75. The predicted octanol–water partition coefficient (Wildman–Crippen LogP) is 2.90. The molecule has 1 saturated carbocycles. The molecular formula is C16H20N2O2S. The van der Waals surface area contributed by atoms with Crippen molar-refractivity contribution in [2.24, 2.45) is 5.41 Å². The van der Waals surface area contributed by atoms with Crippen LogP contribution in [0.4, 0.5) is 0 Å². The number of sulfonamides is 1. The first-order chi connectivity index (χ1) is 10.1. The lowest BCUT2D eigenvalue weighted by Gasteiger charge is -2.38. The van der Waals surface area contributed by atoms with Crippen molar-refractivity contribution in [1.29, 1.82) is 5.26 Å². The number of hydrogen-bond acceptors (Lipinski definition) is 3. The molecule has 5 heteroatoms. The normalized spacial score (nSPS) is 22.2. The highest BCUT2D eigenvalue weighted by molar-refractivity contribution is 7.89. The lowest BCUT2D eigenvalue weighted by molar-refractivity contribution is 0.160. The van der Waals surface area contributed by atoms with Crippen LogP contribution in [0.2, 0.25) is 0 Å². The Kier molecular flexibility index (Phi) is 3.76. The third kappa shape index (κ3) is 2.58. The Morgan fingerprint density at radius 3 is 2.29 bits per heavy atom. The van der Waals surface area contributed by atoms with E-state index < -0.39 is 10.0 Å². The van der Waals surface area contributed by atoms with E-state index >= 15 is 0 Å². The van der Waals surface area contributed by atoms with Crippen LogP contribution in [0.15, 0.2) is 29.2 Å². The molecule has 4 nitrogen and oxygen atoms in total. The minimum Gasteiger partial charge on any atom is -0.207 e. The second kappa shape index (κ2) is 5.43. The van der Waals surface area contributed by atoms with Gasteiger partial charge < -0.3 is 0 Å². The second-order valence-corrected chi connectivity index (χ2v) is 8.13. The molecule has 3 rings (SSSR count). The fraction of sp³-hybridized carbons (Fsp3) is 0.562. The summed E-state index contributed by atoms with van der Waals surface area (Å²) in [6.07, 6.45) is 6.97. The van der Waals surface area contributed by atoms with Gasteiger partial charge in [0.15, 0.2) is 0 Å². The van der Waals surface area contributed by atoms with Gasteiger partial charge in [0.25, 0.3) is 0 Å². The van der Waals surface area contributed by atoms with Crippen molar-refractivity contribution in [1.82, 2.24) is 4.31 Å². The lowest BCUT2D eigenvalue weighted by atomic mass is 9.78. The van der Waals surface area contributed by atoms with Gasteiger partial charge in [-0.2, -0.15) is 9.57 Å². The van der Waals surface area contributed by atoms with Crippen molar-refractivity contribution in [3.05, 3.63) is 29.8 Å². The summed E-state index contributed by atoms with van der Waals surface area (Å²) in [5.41, 5.74) is 0.625. The maximum Gasteiger partial charge on any atom is 0.244 e. The topological polar surface area (TPSA) is 61.2 Å². The largest absolute Gasteiger partial charge is 0.244 e. The maximum atomic E-state index is 12.7. The molecule has 1 spiro atoms. The van der Waals surface area contributed by atoms with E-state index in [1.54, 1.807) is 22.5 Å². The number of benzene rings is 1. The Hall–Kier alpha value is -1.38. The molecule has 0 bridgehead atoms. The van der Waals surface area contributed by atoms with E-state index in [2.05, 4.69) is 0 Å². The predicted molar refractivity (Wildman–Crippen MR) is 80.1 cm³/mol. The van der Waals surface area contributed by atoms with E-state index in [0.717, 1.165) is 12.8 Å². The molecular weight excluding hydrogens is 284 g/mol. The zero-order valence-corrected chi connectivity index (χ0v) is 12.9. The molecule has 112 valence electrons. The molecule has 2 aliphatic rings. The summed E-state index contributed by atoms with van der Waals surface area (Å²) < 4.78 is 27.1. The van der Waals surface area contributed by atoms with Gasteiger partial charge >= 0.3 is 0 Å². The zero-order chi connectivity index (χ0) is 14.9. The van der Waals surface area contributed by atoms with E-state index in [9.17, 15) is 8.42 Å². The molecule has 1 aliphatic heterocycles. The molecule has 0 aromatic heterocycles.